The van der Waals surface area contributed by atoms with E-state index in [1.807, 2.05) is 54.5 Å². The first kappa shape index (κ1) is 14.3. The first-order valence-electron chi connectivity index (χ1n) is 7.12. The summed E-state index contributed by atoms with van der Waals surface area (Å²) in [7, 11) is 5.67. The minimum atomic E-state index is -0.0341. The van der Waals surface area contributed by atoms with Crippen molar-refractivity contribution in [2.75, 3.05) is 7.05 Å². The molecule has 2 aromatic heterocycles. The van der Waals surface area contributed by atoms with Crippen LogP contribution in [0.2, 0.25) is 0 Å². The summed E-state index contributed by atoms with van der Waals surface area (Å²) in [6.45, 7) is 2.43. The van der Waals surface area contributed by atoms with Gasteiger partial charge in [0.05, 0.1) is 17.6 Å². The summed E-state index contributed by atoms with van der Waals surface area (Å²) in [6, 6.07) is 5.64. The van der Waals surface area contributed by atoms with Gasteiger partial charge in [-0.3, -0.25) is 4.79 Å². The van der Waals surface area contributed by atoms with Crippen molar-refractivity contribution in [3.63, 3.8) is 0 Å². The number of carbonyl (C=O) groups excluding carboxylic acids is 1. The molecule has 6 nitrogen and oxygen atoms in total. The molecular formula is C16H19N5O. The summed E-state index contributed by atoms with van der Waals surface area (Å²) in [5.41, 5.74) is 2.51. The zero-order valence-electron chi connectivity index (χ0n) is 13.2. The summed E-state index contributed by atoms with van der Waals surface area (Å²) in [6.07, 6.45) is 3.60. The third-order valence-corrected chi connectivity index (χ3v) is 4.00. The number of amides is 1. The fourth-order valence-electron chi connectivity index (χ4n) is 2.51. The monoisotopic (exact) mass is 297 g/mol. The van der Waals surface area contributed by atoms with E-state index in [1.54, 1.807) is 18.1 Å². The third kappa shape index (κ3) is 2.36. The van der Waals surface area contributed by atoms with E-state index >= 15 is 0 Å². The highest BCUT2D eigenvalue weighted by Crippen LogP contribution is 2.17. The molecular weight excluding hydrogens is 278 g/mol. The number of nitrogens with zero attached hydrogens (tertiary/aromatic N) is 5. The van der Waals surface area contributed by atoms with Gasteiger partial charge in [-0.15, -0.1) is 0 Å². The fourth-order valence-corrected chi connectivity index (χ4v) is 2.51. The van der Waals surface area contributed by atoms with Crippen molar-refractivity contribution in [3.05, 3.63) is 47.8 Å². The SMILES string of the molecule is Cc1nc2cc(C(=O)N(C)Cc3nccn3C)ccc2n1C. The molecule has 2 heterocycles. The van der Waals surface area contributed by atoms with Gasteiger partial charge in [-0.25, -0.2) is 9.97 Å². The number of fused-ring (bicyclic) bond motifs is 1. The molecule has 0 aliphatic carbocycles. The lowest BCUT2D eigenvalue weighted by Gasteiger charge is -2.17. The number of hydrogen-bond acceptors (Lipinski definition) is 3. The van der Waals surface area contributed by atoms with Crippen molar-refractivity contribution < 1.29 is 4.79 Å². The molecule has 114 valence electrons. The zero-order valence-corrected chi connectivity index (χ0v) is 13.2. The molecule has 6 heteroatoms. The molecule has 0 spiro atoms. The summed E-state index contributed by atoms with van der Waals surface area (Å²) in [4.78, 5) is 23.0. The molecule has 22 heavy (non-hydrogen) atoms. The maximum absolute atomic E-state index is 12.6. The van der Waals surface area contributed by atoms with Crippen LogP contribution in [0, 0.1) is 6.92 Å². The van der Waals surface area contributed by atoms with E-state index < -0.39 is 0 Å². The van der Waals surface area contributed by atoms with Gasteiger partial charge in [0.15, 0.2) is 0 Å². The Balaban J connectivity index is 1.86. The lowest BCUT2D eigenvalue weighted by molar-refractivity contribution is 0.0780. The average Bonchev–Trinajstić information content (AvgIpc) is 3.02. The van der Waals surface area contributed by atoms with Gasteiger partial charge in [-0.1, -0.05) is 0 Å². The molecule has 0 fully saturated rings. The van der Waals surface area contributed by atoms with Crippen LogP contribution in [-0.2, 0) is 20.6 Å². The van der Waals surface area contributed by atoms with Crippen molar-refractivity contribution in [2.45, 2.75) is 13.5 Å². The Bertz CT molecular complexity index is 845. The molecule has 0 aliphatic rings. The second-order valence-electron chi connectivity index (χ2n) is 5.54. The Labute approximate surface area is 129 Å². The van der Waals surface area contributed by atoms with Crippen LogP contribution in [0.15, 0.2) is 30.6 Å². The van der Waals surface area contributed by atoms with Gasteiger partial charge in [-0.05, 0) is 25.1 Å². The molecule has 0 aliphatic heterocycles. The van der Waals surface area contributed by atoms with E-state index in [1.165, 1.54) is 0 Å². The molecule has 1 aromatic carbocycles. The molecule has 3 rings (SSSR count). The predicted octanol–water partition coefficient (Wildman–Crippen LogP) is 1.89. The van der Waals surface area contributed by atoms with Crippen LogP contribution in [0.25, 0.3) is 11.0 Å². The molecule has 0 atom stereocenters. The van der Waals surface area contributed by atoms with E-state index in [2.05, 4.69) is 9.97 Å². The van der Waals surface area contributed by atoms with Crippen molar-refractivity contribution in [3.8, 4) is 0 Å². The van der Waals surface area contributed by atoms with Crippen molar-refractivity contribution in [1.82, 2.24) is 24.0 Å². The lowest BCUT2D eigenvalue weighted by Crippen LogP contribution is -2.27. The Morgan fingerprint density at radius 1 is 1.32 bits per heavy atom. The molecule has 0 saturated heterocycles. The van der Waals surface area contributed by atoms with Gasteiger partial charge in [0.1, 0.15) is 11.6 Å². The van der Waals surface area contributed by atoms with Crippen LogP contribution >= 0.6 is 0 Å². The molecule has 0 N–H and O–H groups in total. The van der Waals surface area contributed by atoms with Gasteiger partial charge >= 0.3 is 0 Å². The Morgan fingerprint density at radius 2 is 2.09 bits per heavy atom. The summed E-state index contributed by atoms with van der Waals surface area (Å²) in [5.74, 6) is 1.75. The maximum Gasteiger partial charge on any atom is 0.254 e. The van der Waals surface area contributed by atoms with Crippen molar-refractivity contribution >= 4 is 16.9 Å². The van der Waals surface area contributed by atoms with Crippen LogP contribution in [0.5, 0.6) is 0 Å². The highest BCUT2D eigenvalue weighted by Gasteiger charge is 2.15. The van der Waals surface area contributed by atoms with E-state index in [0.29, 0.717) is 12.1 Å². The highest BCUT2D eigenvalue weighted by atomic mass is 16.2. The number of hydrogen-bond donors (Lipinski definition) is 0. The van der Waals surface area contributed by atoms with Crippen LogP contribution in [0.3, 0.4) is 0 Å². The number of rotatable bonds is 3. The van der Waals surface area contributed by atoms with Gasteiger partial charge in [-0.2, -0.15) is 0 Å². The molecule has 0 radical (unpaired) electrons. The fraction of sp³-hybridized carbons (Fsp3) is 0.312. The highest BCUT2D eigenvalue weighted by molar-refractivity contribution is 5.97. The zero-order chi connectivity index (χ0) is 15.9. The number of aryl methyl sites for hydroxylation is 3. The Kier molecular flexibility index (Phi) is 3.44. The Morgan fingerprint density at radius 3 is 2.77 bits per heavy atom. The quantitative estimate of drug-likeness (QED) is 0.742. The maximum atomic E-state index is 12.6. The van der Waals surface area contributed by atoms with E-state index in [0.717, 1.165) is 22.7 Å². The lowest BCUT2D eigenvalue weighted by atomic mass is 10.1. The summed E-state index contributed by atoms with van der Waals surface area (Å²) >= 11 is 0. The van der Waals surface area contributed by atoms with Crippen LogP contribution < -0.4 is 0 Å². The Hall–Kier alpha value is -2.63. The first-order valence-corrected chi connectivity index (χ1v) is 7.12. The first-order chi connectivity index (χ1) is 10.5. The molecule has 0 bridgehead atoms. The van der Waals surface area contributed by atoms with Crippen LogP contribution in [-0.4, -0.2) is 37.0 Å². The topological polar surface area (TPSA) is 56.0 Å². The minimum Gasteiger partial charge on any atom is -0.337 e. The summed E-state index contributed by atoms with van der Waals surface area (Å²) in [5, 5.41) is 0. The van der Waals surface area contributed by atoms with E-state index in [-0.39, 0.29) is 5.91 Å². The van der Waals surface area contributed by atoms with Crippen molar-refractivity contribution in [2.24, 2.45) is 14.1 Å². The number of aromatic nitrogens is 4. The number of carbonyl (C=O) groups is 1. The standard InChI is InChI=1S/C16H19N5O/c1-11-18-13-9-12(5-6-14(13)21(11)4)16(22)20(3)10-15-17-7-8-19(15)2/h5-9H,10H2,1-4H3. The van der Waals surface area contributed by atoms with Gasteiger partial charge in [0, 0.05) is 39.1 Å². The number of benzene rings is 1. The molecule has 0 unspecified atom stereocenters. The second-order valence-corrected chi connectivity index (χ2v) is 5.54. The third-order valence-electron chi connectivity index (χ3n) is 4.00. The largest absolute Gasteiger partial charge is 0.337 e. The van der Waals surface area contributed by atoms with Gasteiger partial charge in [0.25, 0.3) is 5.91 Å². The van der Waals surface area contributed by atoms with Gasteiger partial charge in [0.2, 0.25) is 0 Å². The van der Waals surface area contributed by atoms with Crippen LogP contribution in [0.4, 0.5) is 0 Å². The summed E-state index contributed by atoms with van der Waals surface area (Å²) < 4.78 is 3.93. The molecule has 1 amide bonds. The smallest absolute Gasteiger partial charge is 0.254 e. The van der Waals surface area contributed by atoms with Crippen LogP contribution in [0.1, 0.15) is 22.0 Å². The second kappa shape index (κ2) is 5.29. The predicted molar refractivity (Wildman–Crippen MR) is 84.5 cm³/mol. The normalized spacial score (nSPS) is 11.1. The minimum absolute atomic E-state index is 0.0341. The van der Waals surface area contributed by atoms with Crippen molar-refractivity contribution in [1.29, 1.82) is 0 Å². The number of imidazole rings is 2. The van der Waals surface area contributed by atoms with E-state index in [4.69, 9.17) is 0 Å². The van der Waals surface area contributed by atoms with E-state index in [9.17, 15) is 4.79 Å². The molecule has 0 saturated carbocycles. The molecule has 3 aromatic rings. The average molecular weight is 297 g/mol. The van der Waals surface area contributed by atoms with Gasteiger partial charge < -0.3 is 14.0 Å².